The zero-order valence-electron chi connectivity index (χ0n) is 17.0. The van der Waals surface area contributed by atoms with E-state index in [4.69, 9.17) is 4.74 Å². The SMILES string of the molecule is Cc1ccccc1OCCNC(=O)CN(c1cccc(Br)c1)S(=O)(=O)c1ccccc1. The summed E-state index contributed by atoms with van der Waals surface area (Å²) in [6, 6.07) is 22.5. The van der Waals surface area contributed by atoms with Gasteiger partial charge in [-0.25, -0.2) is 8.42 Å². The van der Waals surface area contributed by atoms with Gasteiger partial charge in [0.2, 0.25) is 5.91 Å². The molecule has 31 heavy (non-hydrogen) atoms. The van der Waals surface area contributed by atoms with Crippen molar-refractivity contribution in [2.75, 3.05) is 24.0 Å². The van der Waals surface area contributed by atoms with Gasteiger partial charge in [-0.1, -0.05) is 58.4 Å². The number of rotatable bonds is 9. The van der Waals surface area contributed by atoms with Gasteiger partial charge in [0, 0.05) is 4.47 Å². The van der Waals surface area contributed by atoms with Crippen molar-refractivity contribution >= 4 is 37.5 Å². The lowest BCUT2D eigenvalue weighted by atomic mass is 10.2. The minimum absolute atomic E-state index is 0.116. The Labute approximate surface area is 191 Å². The standard InChI is InChI=1S/C23H23BrN2O4S/c1-18-8-5-6-13-22(18)30-15-14-25-23(27)17-26(20-10-7-9-19(24)16-20)31(28,29)21-11-3-2-4-12-21/h2-13,16H,14-15,17H2,1H3,(H,25,27). The highest BCUT2D eigenvalue weighted by Gasteiger charge is 2.27. The Morgan fingerprint density at radius 3 is 2.42 bits per heavy atom. The number of sulfonamides is 1. The van der Waals surface area contributed by atoms with Crippen LogP contribution in [0.25, 0.3) is 0 Å². The van der Waals surface area contributed by atoms with Crippen molar-refractivity contribution in [1.29, 1.82) is 0 Å². The molecule has 0 atom stereocenters. The van der Waals surface area contributed by atoms with E-state index in [1.807, 2.05) is 31.2 Å². The molecule has 0 saturated carbocycles. The fraction of sp³-hybridized carbons (Fsp3) is 0.174. The molecule has 0 heterocycles. The maximum atomic E-state index is 13.2. The molecule has 0 unspecified atom stereocenters. The predicted octanol–water partition coefficient (Wildman–Crippen LogP) is 4.15. The van der Waals surface area contributed by atoms with E-state index in [0.717, 1.165) is 15.6 Å². The average Bonchev–Trinajstić information content (AvgIpc) is 2.76. The van der Waals surface area contributed by atoms with Crippen LogP contribution in [0.3, 0.4) is 0 Å². The van der Waals surface area contributed by atoms with Crippen molar-refractivity contribution in [2.45, 2.75) is 11.8 Å². The molecule has 0 aliphatic heterocycles. The van der Waals surface area contributed by atoms with Crippen LogP contribution < -0.4 is 14.4 Å². The normalized spacial score (nSPS) is 11.0. The maximum Gasteiger partial charge on any atom is 0.264 e. The van der Waals surface area contributed by atoms with E-state index in [0.29, 0.717) is 10.2 Å². The Bertz CT molecular complexity index is 1140. The second-order valence-electron chi connectivity index (χ2n) is 6.77. The first-order valence-corrected chi connectivity index (χ1v) is 11.9. The number of benzene rings is 3. The molecule has 8 heteroatoms. The summed E-state index contributed by atoms with van der Waals surface area (Å²) in [4.78, 5) is 12.7. The molecule has 3 aromatic rings. The first kappa shape index (κ1) is 22.8. The second-order valence-corrected chi connectivity index (χ2v) is 9.55. The Morgan fingerprint density at radius 2 is 1.71 bits per heavy atom. The summed E-state index contributed by atoms with van der Waals surface area (Å²) in [6.07, 6.45) is 0. The minimum Gasteiger partial charge on any atom is -0.491 e. The van der Waals surface area contributed by atoms with E-state index >= 15 is 0 Å². The summed E-state index contributed by atoms with van der Waals surface area (Å²) in [5.41, 5.74) is 1.40. The van der Waals surface area contributed by atoms with Crippen LogP contribution in [0.5, 0.6) is 5.75 Å². The molecule has 6 nitrogen and oxygen atoms in total. The lowest BCUT2D eigenvalue weighted by Gasteiger charge is -2.24. The molecular weight excluding hydrogens is 480 g/mol. The molecule has 3 aromatic carbocycles. The van der Waals surface area contributed by atoms with E-state index in [9.17, 15) is 13.2 Å². The number of aryl methyl sites for hydroxylation is 1. The third-order valence-electron chi connectivity index (χ3n) is 4.49. The third kappa shape index (κ3) is 6.08. The lowest BCUT2D eigenvalue weighted by Crippen LogP contribution is -2.41. The van der Waals surface area contributed by atoms with Crippen molar-refractivity contribution in [3.05, 3.63) is 88.9 Å². The average molecular weight is 503 g/mol. The van der Waals surface area contributed by atoms with Crippen LogP contribution in [-0.4, -0.2) is 34.0 Å². The highest BCUT2D eigenvalue weighted by molar-refractivity contribution is 9.10. The quantitative estimate of drug-likeness (QED) is 0.446. The summed E-state index contributed by atoms with van der Waals surface area (Å²) in [6.45, 7) is 2.13. The smallest absolute Gasteiger partial charge is 0.264 e. The highest BCUT2D eigenvalue weighted by Crippen LogP contribution is 2.26. The molecule has 0 radical (unpaired) electrons. The number of nitrogens with one attached hydrogen (secondary N) is 1. The first-order valence-electron chi connectivity index (χ1n) is 9.66. The van der Waals surface area contributed by atoms with E-state index < -0.39 is 15.9 Å². The van der Waals surface area contributed by atoms with Gasteiger partial charge in [0.15, 0.2) is 0 Å². The summed E-state index contributed by atoms with van der Waals surface area (Å²) >= 11 is 3.36. The molecule has 0 aliphatic carbocycles. The summed E-state index contributed by atoms with van der Waals surface area (Å²) < 4.78 is 34.0. The van der Waals surface area contributed by atoms with Gasteiger partial charge in [-0.05, 0) is 48.9 Å². The number of hydrogen-bond donors (Lipinski definition) is 1. The summed E-state index contributed by atoms with van der Waals surface area (Å²) in [5.74, 6) is 0.326. The van der Waals surface area contributed by atoms with Gasteiger partial charge >= 0.3 is 0 Å². The van der Waals surface area contributed by atoms with Gasteiger partial charge < -0.3 is 10.1 Å². The zero-order chi connectivity index (χ0) is 22.3. The number of carbonyl (C=O) groups is 1. The zero-order valence-corrected chi connectivity index (χ0v) is 19.4. The van der Waals surface area contributed by atoms with Crippen molar-refractivity contribution < 1.29 is 17.9 Å². The molecule has 0 saturated heterocycles. The van der Waals surface area contributed by atoms with Gasteiger partial charge in [0.05, 0.1) is 17.1 Å². The van der Waals surface area contributed by atoms with Crippen molar-refractivity contribution in [3.8, 4) is 5.75 Å². The predicted molar refractivity (Wildman–Crippen MR) is 125 cm³/mol. The molecule has 0 aliphatic rings. The Balaban J connectivity index is 1.70. The molecule has 0 bridgehead atoms. The van der Waals surface area contributed by atoms with Gasteiger partial charge in [0.1, 0.15) is 18.9 Å². The Hall–Kier alpha value is -2.84. The fourth-order valence-electron chi connectivity index (χ4n) is 2.92. The molecule has 0 spiro atoms. The fourth-order valence-corrected chi connectivity index (χ4v) is 4.74. The summed E-state index contributed by atoms with van der Waals surface area (Å²) in [7, 11) is -3.92. The number of halogens is 1. The molecule has 1 amide bonds. The molecule has 0 aromatic heterocycles. The van der Waals surface area contributed by atoms with Gasteiger partial charge in [-0.2, -0.15) is 0 Å². The second kappa shape index (κ2) is 10.5. The number of nitrogens with zero attached hydrogens (tertiary/aromatic N) is 1. The maximum absolute atomic E-state index is 13.2. The van der Waals surface area contributed by atoms with Crippen LogP contribution in [0, 0.1) is 6.92 Å². The van der Waals surface area contributed by atoms with Gasteiger partial charge in [0.25, 0.3) is 10.0 Å². The van der Waals surface area contributed by atoms with Crippen LogP contribution in [0.4, 0.5) is 5.69 Å². The van der Waals surface area contributed by atoms with Crippen LogP contribution in [0.2, 0.25) is 0 Å². The topological polar surface area (TPSA) is 75.7 Å². The number of para-hydroxylation sites is 1. The number of carbonyl (C=O) groups excluding carboxylic acids is 1. The van der Waals surface area contributed by atoms with Crippen molar-refractivity contribution in [2.24, 2.45) is 0 Å². The monoisotopic (exact) mass is 502 g/mol. The third-order valence-corrected chi connectivity index (χ3v) is 6.77. The molecule has 3 rings (SSSR count). The van der Waals surface area contributed by atoms with E-state index in [2.05, 4.69) is 21.2 Å². The van der Waals surface area contributed by atoms with Crippen LogP contribution in [-0.2, 0) is 14.8 Å². The number of hydrogen-bond acceptors (Lipinski definition) is 4. The van der Waals surface area contributed by atoms with Crippen LogP contribution >= 0.6 is 15.9 Å². The van der Waals surface area contributed by atoms with Crippen LogP contribution in [0.15, 0.2) is 88.2 Å². The Morgan fingerprint density at radius 1 is 1.00 bits per heavy atom. The lowest BCUT2D eigenvalue weighted by molar-refractivity contribution is -0.119. The summed E-state index contributed by atoms with van der Waals surface area (Å²) in [5, 5.41) is 2.73. The number of amides is 1. The molecule has 0 fully saturated rings. The molecule has 162 valence electrons. The highest BCUT2D eigenvalue weighted by atomic mass is 79.9. The largest absolute Gasteiger partial charge is 0.491 e. The minimum atomic E-state index is -3.92. The molecular formula is C23H23BrN2O4S. The Kier molecular flexibility index (Phi) is 7.70. The van der Waals surface area contributed by atoms with Gasteiger partial charge in [-0.15, -0.1) is 0 Å². The molecule has 1 N–H and O–H groups in total. The van der Waals surface area contributed by atoms with Crippen LogP contribution in [0.1, 0.15) is 5.56 Å². The first-order chi connectivity index (χ1) is 14.9. The van der Waals surface area contributed by atoms with E-state index in [1.165, 1.54) is 12.1 Å². The van der Waals surface area contributed by atoms with Crippen molar-refractivity contribution in [1.82, 2.24) is 5.32 Å². The van der Waals surface area contributed by atoms with Gasteiger partial charge in [-0.3, -0.25) is 9.10 Å². The van der Waals surface area contributed by atoms with E-state index in [-0.39, 0.29) is 24.6 Å². The number of anilines is 1. The van der Waals surface area contributed by atoms with Crippen molar-refractivity contribution in [3.63, 3.8) is 0 Å². The number of ether oxygens (including phenoxy) is 1. The van der Waals surface area contributed by atoms with E-state index in [1.54, 1.807) is 42.5 Å².